The Balaban J connectivity index is 1.78. The Kier molecular flexibility index (Phi) is 5.20. The molecule has 0 bridgehead atoms. The monoisotopic (exact) mass is 372 g/mol. The van der Waals surface area contributed by atoms with E-state index in [-0.39, 0.29) is 0 Å². The normalized spacial score (nSPS) is 15.6. The predicted molar refractivity (Wildman–Crippen MR) is 111 cm³/mol. The number of rotatable bonds is 6. The SMILES string of the molecule is C1=CNN(NC(=C(NN2N=CC=CN2)c2ccccc2)c2ccccc2)N=C1. The Labute approximate surface area is 163 Å². The van der Waals surface area contributed by atoms with Gasteiger partial charge in [-0.1, -0.05) is 60.7 Å². The number of benzene rings is 2. The van der Waals surface area contributed by atoms with Crippen molar-refractivity contribution in [2.45, 2.75) is 0 Å². The number of hydrogen-bond donors (Lipinski definition) is 4. The molecule has 2 aromatic rings. The lowest BCUT2D eigenvalue weighted by atomic mass is 10.1. The Morgan fingerprint density at radius 2 is 1.07 bits per heavy atom. The summed E-state index contributed by atoms with van der Waals surface area (Å²) in [7, 11) is 0. The Morgan fingerprint density at radius 1 is 0.643 bits per heavy atom. The highest BCUT2D eigenvalue weighted by Crippen LogP contribution is 2.23. The summed E-state index contributed by atoms with van der Waals surface area (Å²) in [6, 6.07) is 20.1. The average Bonchev–Trinajstić information content (AvgIpc) is 2.79. The van der Waals surface area contributed by atoms with Gasteiger partial charge in [0.1, 0.15) is 0 Å². The fourth-order valence-electron chi connectivity index (χ4n) is 2.66. The summed E-state index contributed by atoms with van der Waals surface area (Å²) in [5.74, 6) is 0. The molecule has 0 fully saturated rings. The van der Waals surface area contributed by atoms with Crippen molar-refractivity contribution in [1.82, 2.24) is 32.2 Å². The second-order valence-corrected chi connectivity index (χ2v) is 5.83. The van der Waals surface area contributed by atoms with Crippen LogP contribution in [-0.4, -0.2) is 22.9 Å². The van der Waals surface area contributed by atoms with E-state index in [1.165, 1.54) is 0 Å². The van der Waals surface area contributed by atoms with E-state index in [9.17, 15) is 0 Å². The zero-order chi connectivity index (χ0) is 19.0. The smallest absolute Gasteiger partial charge is 0.0906 e. The molecular weight excluding hydrogens is 352 g/mol. The number of hydrazine groups is 4. The van der Waals surface area contributed by atoms with Crippen LogP contribution in [0, 0.1) is 0 Å². The summed E-state index contributed by atoms with van der Waals surface area (Å²) in [5, 5.41) is 11.7. The van der Waals surface area contributed by atoms with Gasteiger partial charge in [0, 0.05) is 23.5 Å². The van der Waals surface area contributed by atoms with Gasteiger partial charge in [-0.15, -0.1) is 20.7 Å². The fourth-order valence-corrected chi connectivity index (χ4v) is 2.66. The van der Waals surface area contributed by atoms with Crippen LogP contribution in [-0.2, 0) is 0 Å². The fraction of sp³-hybridized carbons (Fsp3) is 0. The second-order valence-electron chi connectivity index (χ2n) is 5.83. The standard InChI is InChI=1S/C20H20N8/c1-3-9-17(10-4-1)19(25-27-21-13-7-14-22-27)20(18-11-5-2-6-12-18)26-28-23-15-8-16-24-28/h1-16,21,23,25-26H. The van der Waals surface area contributed by atoms with Crippen LogP contribution >= 0.6 is 0 Å². The molecule has 2 heterocycles. The van der Waals surface area contributed by atoms with Crippen LogP contribution in [0.3, 0.4) is 0 Å². The molecule has 4 rings (SSSR count). The summed E-state index contributed by atoms with van der Waals surface area (Å²) in [5.41, 5.74) is 16.3. The first-order chi connectivity index (χ1) is 13.9. The lowest BCUT2D eigenvalue weighted by Crippen LogP contribution is -2.45. The van der Waals surface area contributed by atoms with Crippen molar-refractivity contribution in [3.63, 3.8) is 0 Å². The van der Waals surface area contributed by atoms with Crippen LogP contribution in [0.1, 0.15) is 11.1 Å². The Hall–Kier alpha value is -4.20. The lowest BCUT2D eigenvalue weighted by molar-refractivity contribution is 0.176. The summed E-state index contributed by atoms with van der Waals surface area (Å²) in [6.07, 6.45) is 10.6. The van der Waals surface area contributed by atoms with Crippen molar-refractivity contribution < 1.29 is 0 Å². The molecule has 0 atom stereocenters. The second kappa shape index (κ2) is 8.45. The molecule has 0 aliphatic carbocycles. The van der Waals surface area contributed by atoms with Gasteiger partial charge in [0.05, 0.1) is 23.8 Å². The molecule has 0 unspecified atom stereocenters. The first kappa shape index (κ1) is 17.2. The summed E-state index contributed by atoms with van der Waals surface area (Å²) < 4.78 is 0. The molecule has 0 saturated carbocycles. The highest BCUT2D eigenvalue weighted by Gasteiger charge is 2.17. The zero-order valence-electron chi connectivity index (χ0n) is 15.0. The van der Waals surface area contributed by atoms with Crippen molar-refractivity contribution in [2.24, 2.45) is 10.2 Å². The molecule has 0 spiro atoms. The molecule has 0 amide bonds. The summed E-state index contributed by atoms with van der Waals surface area (Å²) in [4.78, 5) is 0. The number of hydrogen-bond acceptors (Lipinski definition) is 8. The van der Waals surface area contributed by atoms with Crippen molar-refractivity contribution in [3.05, 3.63) is 96.3 Å². The third-order valence-corrected chi connectivity index (χ3v) is 3.93. The highest BCUT2D eigenvalue weighted by atomic mass is 15.9. The molecule has 2 aliphatic heterocycles. The predicted octanol–water partition coefficient (Wildman–Crippen LogP) is 2.16. The topological polar surface area (TPSA) is 79.3 Å². The quantitative estimate of drug-likeness (QED) is 0.582. The van der Waals surface area contributed by atoms with E-state index in [1.54, 1.807) is 35.3 Å². The van der Waals surface area contributed by atoms with Gasteiger partial charge in [-0.05, 0) is 12.2 Å². The molecule has 8 nitrogen and oxygen atoms in total. The van der Waals surface area contributed by atoms with Crippen molar-refractivity contribution >= 4 is 23.8 Å². The maximum Gasteiger partial charge on any atom is 0.0906 e. The molecule has 8 heteroatoms. The van der Waals surface area contributed by atoms with E-state index in [1.807, 2.05) is 72.8 Å². The van der Waals surface area contributed by atoms with E-state index in [4.69, 9.17) is 0 Å². The zero-order valence-corrected chi connectivity index (χ0v) is 15.0. The van der Waals surface area contributed by atoms with Crippen LogP contribution in [0.5, 0.6) is 0 Å². The number of allylic oxidation sites excluding steroid dienone is 2. The molecule has 0 radical (unpaired) electrons. The van der Waals surface area contributed by atoms with Crippen molar-refractivity contribution in [1.29, 1.82) is 0 Å². The van der Waals surface area contributed by atoms with Gasteiger partial charge in [0.2, 0.25) is 0 Å². The van der Waals surface area contributed by atoms with Crippen LogP contribution < -0.4 is 21.7 Å². The van der Waals surface area contributed by atoms with Crippen LogP contribution in [0.2, 0.25) is 0 Å². The minimum absolute atomic E-state index is 0.818. The molecule has 28 heavy (non-hydrogen) atoms. The number of nitrogens with zero attached hydrogens (tertiary/aromatic N) is 4. The molecule has 140 valence electrons. The molecule has 2 aromatic carbocycles. The first-order valence-corrected chi connectivity index (χ1v) is 8.79. The van der Waals surface area contributed by atoms with Gasteiger partial charge >= 0.3 is 0 Å². The van der Waals surface area contributed by atoms with Gasteiger partial charge < -0.3 is 0 Å². The lowest BCUT2D eigenvalue weighted by Gasteiger charge is -2.29. The van der Waals surface area contributed by atoms with Gasteiger partial charge in [-0.3, -0.25) is 21.7 Å². The van der Waals surface area contributed by atoms with Gasteiger partial charge in [0.25, 0.3) is 0 Å². The van der Waals surface area contributed by atoms with Crippen LogP contribution in [0.25, 0.3) is 11.4 Å². The maximum absolute atomic E-state index is 4.28. The number of nitrogens with one attached hydrogen (secondary N) is 4. The maximum atomic E-state index is 4.28. The molecular formula is C20H20N8. The molecule has 2 aliphatic rings. The van der Waals surface area contributed by atoms with Crippen molar-refractivity contribution in [2.75, 3.05) is 0 Å². The average molecular weight is 372 g/mol. The summed E-state index contributed by atoms with van der Waals surface area (Å²) in [6.45, 7) is 0. The minimum atomic E-state index is 0.818. The first-order valence-electron chi connectivity index (χ1n) is 8.79. The van der Waals surface area contributed by atoms with E-state index >= 15 is 0 Å². The van der Waals surface area contributed by atoms with Gasteiger partial charge in [-0.2, -0.15) is 0 Å². The van der Waals surface area contributed by atoms with Gasteiger partial charge in [0.15, 0.2) is 0 Å². The minimum Gasteiger partial charge on any atom is -0.270 e. The van der Waals surface area contributed by atoms with E-state index in [0.717, 1.165) is 22.5 Å². The van der Waals surface area contributed by atoms with Gasteiger partial charge in [-0.25, -0.2) is 0 Å². The van der Waals surface area contributed by atoms with E-state index in [0.29, 0.717) is 0 Å². The van der Waals surface area contributed by atoms with E-state index in [2.05, 4.69) is 31.9 Å². The van der Waals surface area contributed by atoms with E-state index < -0.39 is 0 Å². The molecule has 0 saturated heterocycles. The van der Waals surface area contributed by atoms with Crippen LogP contribution in [0.4, 0.5) is 0 Å². The van der Waals surface area contributed by atoms with Crippen molar-refractivity contribution in [3.8, 4) is 0 Å². The highest BCUT2D eigenvalue weighted by molar-refractivity contribution is 5.88. The van der Waals surface area contributed by atoms with Crippen LogP contribution in [0.15, 0.2) is 95.4 Å². The third kappa shape index (κ3) is 4.13. The number of hydrazone groups is 2. The Morgan fingerprint density at radius 3 is 1.43 bits per heavy atom. The Bertz CT molecular complexity index is 854. The third-order valence-electron chi connectivity index (χ3n) is 3.93. The molecule has 4 N–H and O–H groups in total. The largest absolute Gasteiger partial charge is 0.270 e. The molecule has 0 aromatic heterocycles. The summed E-state index contributed by atoms with van der Waals surface area (Å²) >= 11 is 0.